The predicted molar refractivity (Wildman–Crippen MR) is 125 cm³/mol. The average Bonchev–Trinajstić information content (AvgIpc) is 2.76. The second-order valence-corrected chi connectivity index (χ2v) is 8.92. The Kier molecular flexibility index (Phi) is 6.03. The van der Waals surface area contributed by atoms with E-state index in [1.165, 1.54) is 27.4 Å². The molecule has 0 aliphatic carbocycles. The zero-order chi connectivity index (χ0) is 23.0. The third-order valence-electron chi connectivity index (χ3n) is 5.97. The number of nitriles is 1. The van der Waals surface area contributed by atoms with Gasteiger partial charge >= 0.3 is 0 Å². The first-order valence-electron chi connectivity index (χ1n) is 10.3. The molecule has 1 saturated heterocycles. The van der Waals surface area contributed by atoms with Gasteiger partial charge in [-0.25, -0.2) is 4.39 Å². The van der Waals surface area contributed by atoms with Crippen molar-refractivity contribution in [3.8, 4) is 6.07 Å². The van der Waals surface area contributed by atoms with Crippen LogP contribution in [0.4, 0.5) is 24.5 Å². The SMILES string of the molecule is C=C1C(C#N)=CN(Cc2ccc(C(F)(F)P)cc2)c2cc(N3CCN(C)CC3)c(F)cc21. The third-order valence-corrected chi connectivity index (χ3v) is 6.30. The molecule has 166 valence electrons. The van der Waals surface area contributed by atoms with Gasteiger partial charge in [-0.2, -0.15) is 14.0 Å². The highest BCUT2D eigenvalue weighted by atomic mass is 31.0. The number of anilines is 2. The first-order chi connectivity index (χ1) is 15.2. The van der Waals surface area contributed by atoms with Gasteiger partial charge in [-0.3, -0.25) is 0 Å². The molecule has 0 amide bonds. The van der Waals surface area contributed by atoms with Crippen molar-refractivity contribution in [3.63, 3.8) is 0 Å². The minimum Gasteiger partial charge on any atom is -0.367 e. The Morgan fingerprint density at radius 1 is 1.09 bits per heavy atom. The molecule has 0 radical (unpaired) electrons. The highest BCUT2D eigenvalue weighted by molar-refractivity contribution is 7.17. The first-order valence-corrected chi connectivity index (χ1v) is 10.9. The minimum atomic E-state index is -2.99. The number of rotatable bonds is 4. The fourth-order valence-electron chi connectivity index (χ4n) is 4.02. The standard InChI is InChI=1S/C24H24F3N4P/c1-16-18(13-28)15-31(14-17-3-5-19(6-4-17)24(26,27)32)22-12-23(21(25)11-20(16)22)30-9-7-29(2)8-10-30/h3-6,11-12,15H,1,7-10,14,32H2,2H3. The van der Waals surface area contributed by atoms with Crippen molar-refractivity contribution in [3.05, 3.63) is 77.3 Å². The molecule has 32 heavy (non-hydrogen) atoms. The minimum absolute atomic E-state index is 0.0913. The van der Waals surface area contributed by atoms with Gasteiger partial charge in [-0.05, 0) is 30.3 Å². The van der Waals surface area contributed by atoms with Gasteiger partial charge in [0.1, 0.15) is 11.9 Å². The Labute approximate surface area is 188 Å². The predicted octanol–water partition coefficient (Wildman–Crippen LogP) is 4.94. The Balaban J connectivity index is 1.70. The van der Waals surface area contributed by atoms with Crippen LogP contribution in [0.2, 0.25) is 0 Å². The summed E-state index contributed by atoms with van der Waals surface area (Å²) >= 11 is 0. The highest BCUT2D eigenvalue weighted by Gasteiger charge is 2.27. The first kappa shape index (κ1) is 22.4. The van der Waals surface area contributed by atoms with Gasteiger partial charge in [0.15, 0.2) is 0 Å². The number of hydrogen-bond donors (Lipinski definition) is 0. The number of hydrogen-bond acceptors (Lipinski definition) is 4. The number of fused-ring (bicyclic) bond motifs is 1. The maximum absolute atomic E-state index is 15.1. The fraction of sp³-hybridized carbons (Fsp3) is 0.292. The van der Waals surface area contributed by atoms with Gasteiger partial charge < -0.3 is 14.7 Å². The van der Waals surface area contributed by atoms with E-state index in [1.54, 1.807) is 24.4 Å². The van der Waals surface area contributed by atoms with Gasteiger partial charge in [-0.15, -0.1) is 0 Å². The molecule has 1 unspecified atom stereocenters. The lowest BCUT2D eigenvalue weighted by Gasteiger charge is -2.36. The van der Waals surface area contributed by atoms with Crippen molar-refractivity contribution < 1.29 is 13.2 Å². The van der Waals surface area contributed by atoms with Crippen LogP contribution in [0.3, 0.4) is 0 Å². The van der Waals surface area contributed by atoms with E-state index in [9.17, 15) is 14.0 Å². The fourth-order valence-corrected chi connectivity index (χ4v) is 4.22. The summed E-state index contributed by atoms with van der Waals surface area (Å²) in [5, 5.41) is 9.55. The molecular weight excluding hydrogens is 432 g/mol. The van der Waals surface area contributed by atoms with Crippen LogP contribution in [0, 0.1) is 17.1 Å². The van der Waals surface area contributed by atoms with E-state index >= 15 is 4.39 Å². The second-order valence-electron chi connectivity index (χ2n) is 8.19. The van der Waals surface area contributed by atoms with Crippen LogP contribution in [-0.4, -0.2) is 38.1 Å². The molecule has 2 aliphatic heterocycles. The van der Waals surface area contributed by atoms with Crippen LogP contribution in [0.25, 0.3) is 5.57 Å². The molecule has 2 aromatic carbocycles. The summed E-state index contributed by atoms with van der Waals surface area (Å²) < 4.78 is 42.1. The van der Waals surface area contributed by atoms with E-state index < -0.39 is 5.66 Å². The van der Waals surface area contributed by atoms with Gasteiger partial charge in [0, 0.05) is 50.1 Å². The second kappa shape index (κ2) is 8.61. The Hall–Kier alpha value is -2.81. The van der Waals surface area contributed by atoms with E-state index in [4.69, 9.17) is 0 Å². The molecule has 2 heterocycles. The molecule has 1 atom stereocenters. The number of halogens is 3. The molecule has 4 nitrogen and oxygen atoms in total. The van der Waals surface area contributed by atoms with Crippen molar-refractivity contribution in [2.75, 3.05) is 43.0 Å². The Morgan fingerprint density at radius 2 is 1.75 bits per heavy atom. The van der Waals surface area contributed by atoms with E-state index in [-0.39, 0.29) is 11.4 Å². The normalized spacial score (nSPS) is 17.1. The average molecular weight is 456 g/mol. The summed E-state index contributed by atoms with van der Waals surface area (Å²) in [5.41, 5.74) is 0.347. The maximum Gasteiger partial charge on any atom is 0.283 e. The van der Waals surface area contributed by atoms with Crippen molar-refractivity contribution in [2.24, 2.45) is 0 Å². The van der Waals surface area contributed by atoms with E-state index in [0.29, 0.717) is 28.9 Å². The van der Waals surface area contributed by atoms with Gasteiger partial charge in [0.05, 0.1) is 16.9 Å². The Bertz CT molecular complexity index is 1110. The topological polar surface area (TPSA) is 33.5 Å². The quantitative estimate of drug-likeness (QED) is 0.611. The van der Waals surface area contributed by atoms with Crippen LogP contribution in [-0.2, 0) is 12.2 Å². The molecule has 0 N–H and O–H groups in total. The molecule has 2 aromatic rings. The number of alkyl halides is 2. The number of likely N-dealkylation sites (N-methyl/N-ethyl adjacent to an activating group) is 1. The molecule has 8 heteroatoms. The zero-order valence-electron chi connectivity index (χ0n) is 17.8. The van der Waals surface area contributed by atoms with Crippen LogP contribution in [0.15, 0.2) is 54.8 Å². The summed E-state index contributed by atoms with van der Waals surface area (Å²) in [6.07, 6.45) is 1.69. The number of benzene rings is 2. The van der Waals surface area contributed by atoms with Crippen molar-refractivity contribution in [1.82, 2.24) is 4.90 Å². The summed E-state index contributed by atoms with van der Waals surface area (Å²) in [6.45, 7) is 7.47. The zero-order valence-corrected chi connectivity index (χ0v) is 18.9. The summed E-state index contributed by atoms with van der Waals surface area (Å²) in [7, 11) is 3.57. The van der Waals surface area contributed by atoms with Crippen LogP contribution in [0.1, 0.15) is 16.7 Å². The largest absolute Gasteiger partial charge is 0.367 e. The molecule has 0 bridgehead atoms. The lowest BCUT2D eigenvalue weighted by atomic mass is 9.94. The van der Waals surface area contributed by atoms with Gasteiger partial charge in [0.25, 0.3) is 5.66 Å². The summed E-state index contributed by atoms with van der Waals surface area (Å²) in [4.78, 5) is 6.08. The van der Waals surface area contributed by atoms with Crippen LogP contribution < -0.4 is 9.80 Å². The van der Waals surface area contributed by atoms with Crippen molar-refractivity contribution >= 4 is 26.2 Å². The lowest BCUT2D eigenvalue weighted by molar-refractivity contribution is 0.104. The smallest absolute Gasteiger partial charge is 0.283 e. The highest BCUT2D eigenvalue weighted by Crippen LogP contribution is 2.41. The van der Waals surface area contributed by atoms with Crippen LogP contribution in [0.5, 0.6) is 0 Å². The molecule has 4 rings (SSSR count). The molecule has 2 aliphatic rings. The van der Waals surface area contributed by atoms with E-state index in [1.807, 2.05) is 16.8 Å². The molecule has 0 spiro atoms. The Morgan fingerprint density at radius 3 is 2.34 bits per heavy atom. The summed E-state index contributed by atoms with van der Waals surface area (Å²) in [5.74, 6) is -0.347. The molecule has 0 saturated carbocycles. The van der Waals surface area contributed by atoms with Crippen molar-refractivity contribution in [1.29, 1.82) is 5.26 Å². The molecule has 0 aromatic heterocycles. The van der Waals surface area contributed by atoms with Crippen molar-refractivity contribution in [2.45, 2.75) is 12.2 Å². The number of nitrogens with zero attached hydrogens (tertiary/aromatic N) is 4. The van der Waals surface area contributed by atoms with E-state index in [2.05, 4.69) is 17.5 Å². The maximum atomic E-state index is 15.1. The third kappa shape index (κ3) is 4.39. The molecule has 1 fully saturated rings. The lowest BCUT2D eigenvalue weighted by Crippen LogP contribution is -2.44. The number of piperazine rings is 1. The van der Waals surface area contributed by atoms with Gasteiger partial charge in [-0.1, -0.05) is 40.1 Å². The van der Waals surface area contributed by atoms with Crippen LogP contribution >= 0.6 is 9.24 Å². The monoisotopic (exact) mass is 456 g/mol. The van der Waals surface area contributed by atoms with Gasteiger partial charge in [0.2, 0.25) is 0 Å². The molecular formula is C24H24F3N4P. The van der Waals surface area contributed by atoms with E-state index in [0.717, 1.165) is 37.4 Å². The number of allylic oxidation sites excluding steroid dienone is 2. The summed E-state index contributed by atoms with van der Waals surface area (Å²) in [6, 6.07) is 11.4.